The summed E-state index contributed by atoms with van der Waals surface area (Å²) in [5, 5.41) is 9.10. The zero-order valence-corrected chi connectivity index (χ0v) is 9.24. The zero-order valence-electron chi connectivity index (χ0n) is 9.24. The molecular formula is C12H18O2. The molecule has 0 aliphatic heterocycles. The molecule has 0 spiro atoms. The third kappa shape index (κ3) is 2.95. The normalized spacial score (nSPS) is 13.7. The predicted octanol–water partition coefficient (Wildman–Crippen LogP) is 3.21. The van der Waals surface area contributed by atoms with E-state index in [0.29, 0.717) is 0 Å². The Labute approximate surface area is 85.5 Å². The lowest BCUT2D eigenvalue weighted by molar-refractivity contribution is 0.103. The van der Waals surface area contributed by atoms with Crippen molar-refractivity contribution in [1.29, 1.82) is 0 Å². The maximum atomic E-state index is 9.10. The van der Waals surface area contributed by atoms with Crippen LogP contribution in [0.3, 0.4) is 0 Å². The molecule has 0 aliphatic carbocycles. The van der Waals surface area contributed by atoms with E-state index in [-0.39, 0.29) is 17.3 Å². The van der Waals surface area contributed by atoms with Crippen LogP contribution in [0.25, 0.3) is 0 Å². The van der Waals surface area contributed by atoms with E-state index in [2.05, 4.69) is 20.8 Å². The molecule has 0 heterocycles. The number of rotatable bonds is 2. The van der Waals surface area contributed by atoms with Gasteiger partial charge in [-0.05, 0) is 36.6 Å². The first-order valence-corrected chi connectivity index (χ1v) is 4.85. The van der Waals surface area contributed by atoms with Crippen LogP contribution in [0.5, 0.6) is 11.5 Å². The Morgan fingerprint density at radius 3 is 2.07 bits per heavy atom. The molecule has 1 aromatic carbocycles. The van der Waals surface area contributed by atoms with Crippen molar-refractivity contribution < 1.29 is 9.84 Å². The second-order valence-electron chi connectivity index (χ2n) is 4.62. The molecule has 0 amide bonds. The number of benzene rings is 1. The van der Waals surface area contributed by atoms with Gasteiger partial charge in [-0.2, -0.15) is 0 Å². The van der Waals surface area contributed by atoms with Crippen LogP contribution in [0.4, 0.5) is 0 Å². The summed E-state index contributed by atoms with van der Waals surface area (Å²) in [6.45, 7) is 8.46. The zero-order chi connectivity index (χ0) is 10.8. The summed E-state index contributed by atoms with van der Waals surface area (Å²) in [6.07, 6.45) is 0.145. The van der Waals surface area contributed by atoms with Crippen molar-refractivity contribution in [3.63, 3.8) is 0 Å². The molecular weight excluding hydrogens is 176 g/mol. The average molecular weight is 194 g/mol. The molecule has 2 nitrogen and oxygen atoms in total. The molecule has 0 saturated carbocycles. The molecule has 0 saturated heterocycles. The molecule has 0 radical (unpaired) electrons. The highest BCUT2D eigenvalue weighted by molar-refractivity contribution is 5.30. The highest BCUT2D eigenvalue weighted by atomic mass is 16.5. The second-order valence-corrected chi connectivity index (χ2v) is 4.62. The van der Waals surface area contributed by atoms with Gasteiger partial charge in [0.25, 0.3) is 0 Å². The molecule has 78 valence electrons. The van der Waals surface area contributed by atoms with Gasteiger partial charge in [0.2, 0.25) is 0 Å². The number of aromatic hydroxyl groups is 1. The van der Waals surface area contributed by atoms with Gasteiger partial charge in [-0.3, -0.25) is 0 Å². The van der Waals surface area contributed by atoms with Crippen LogP contribution < -0.4 is 4.74 Å². The number of hydrogen-bond donors (Lipinski definition) is 1. The molecule has 1 aromatic rings. The number of phenolic OH excluding ortho intramolecular Hbond substituents is 1. The van der Waals surface area contributed by atoms with E-state index in [1.54, 1.807) is 24.3 Å². The van der Waals surface area contributed by atoms with Gasteiger partial charge in [-0.25, -0.2) is 0 Å². The molecule has 1 N–H and O–H groups in total. The van der Waals surface area contributed by atoms with E-state index in [0.717, 1.165) is 5.75 Å². The fourth-order valence-electron chi connectivity index (χ4n) is 0.906. The van der Waals surface area contributed by atoms with Gasteiger partial charge >= 0.3 is 0 Å². The molecule has 0 aromatic heterocycles. The quantitative estimate of drug-likeness (QED) is 0.783. The van der Waals surface area contributed by atoms with Crippen LogP contribution in [-0.2, 0) is 0 Å². The van der Waals surface area contributed by atoms with Crippen molar-refractivity contribution in [3.05, 3.63) is 24.3 Å². The first kappa shape index (κ1) is 10.9. The maximum Gasteiger partial charge on any atom is 0.120 e. The Kier molecular flexibility index (Phi) is 3.04. The standard InChI is InChI=1S/C12H18O2/c1-9(12(2,3)4)14-11-7-5-10(13)6-8-11/h5-9,13H,1-4H3. The summed E-state index contributed by atoms with van der Waals surface area (Å²) in [4.78, 5) is 0. The largest absolute Gasteiger partial charge is 0.508 e. The van der Waals surface area contributed by atoms with Crippen molar-refractivity contribution in [2.24, 2.45) is 5.41 Å². The van der Waals surface area contributed by atoms with E-state index in [1.807, 2.05) is 6.92 Å². The molecule has 0 bridgehead atoms. The van der Waals surface area contributed by atoms with Crippen molar-refractivity contribution >= 4 is 0 Å². The minimum atomic E-state index is 0.123. The topological polar surface area (TPSA) is 29.5 Å². The molecule has 0 aliphatic rings. The fraction of sp³-hybridized carbons (Fsp3) is 0.500. The summed E-state index contributed by atoms with van der Waals surface area (Å²) in [6, 6.07) is 6.81. The van der Waals surface area contributed by atoms with Crippen LogP contribution >= 0.6 is 0 Å². The summed E-state index contributed by atoms with van der Waals surface area (Å²) in [7, 11) is 0. The summed E-state index contributed by atoms with van der Waals surface area (Å²) in [5.41, 5.74) is 0.123. The van der Waals surface area contributed by atoms with Gasteiger partial charge in [-0.1, -0.05) is 20.8 Å². The lowest BCUT2D eigenvalue weighted by Gasteiger charge is -2.27. The summed E-state index contributed by atoms with van der Waals surface area (Å²) >= 11 is 0. The number of hydrogen-bond acceptors (Lipinski definition) is 2. The smallest absolute Gasteiger partial charge is 0.120 e. The molecule has 14 heavy (non-hydrogen) atoms. The third-order valence-corrected chi connectivity index (χ3v) is 2.37. The van der Waals surface area contributed by atoms with Gasteiger partial charge < -0.3 is 9.84 Å². The van der Waals surface area contributed by atoms with E-state index in [9.17, 15) is 0 Å². The van der Waals surface area contributed by atoms with Crippen LogP contribution in [0.15, 0.2) is 24.3 Å². The molecule has 1 rings (SSSR count). The summed E-state index contributed by atoms with van der Waals surface area (Å²) < 4.78 is 5.72. The summed E-state index contributed by atoms with van der Waals surface area (Å²) in [5.74, 6) is 1.06. The Morgan fingerprint density at radius 2 is 1.64 bits per heavy atom. The molecule has 1 unspecified atom stereocenters. The highest BCUT2D eigenvalue weighted by Crippen LogP contribution is 2.25. The van der Waals surface area contributed by atoms with Crippen molar-refractivity contribution in [3.8, 4) is 11.5 Å². The minimum absolute atomic E-state index is 0.123. The van der Waals surface area contributed by atoms with Crippen molar-refractivity contribution in [1.82, 2.24) is 0 Å². The Morgan fingerprint density at radius 1 is 1.14 bits per heavy atom. The van der Waals surface area contributed by atoms with E-state index >= 15 is 0 Å². The van der Waals surface area contributed by atoms with Crippen LogP contribution in [0.1, 0.15) is 27.7 Å². The minimum Gasteiger partial charge on any atom is -0.508 e. The van der Waals surface area contributed by atoms with E-state index < -0.39 is 0 Å². The Bertz CT molecular complexity index is 282. The highest BCUT2D eigenvalue weighted by Gasteiger charge is 2.21. The third-order valence-electron chi connectivity index (χ3n) is 2.37. The number of phenols is 1. The first-order valence-electron chi connectivity index (χ1n) is 4.85. The van der Waals surface area contributed by atoms with Gasteiger partial charge in [0.15, 0.2) is 0 Å². The lowest BCUT2D eigenvalue weighted by Crippen LogP contribution is -2.28. The monoisotopic (exact) mass is 194 g/mol. The SMILES string of the molecule is CC(Oc1ccc(O)cc1)C(C)(C)C. The van der Waals surface area contributed by atoms with Gasteiger partial charge in [0.05, 0.1) is 0 Å². The van der Waals surface area contributed by atoms with E-state index in [1.165, 1.54) is 0 Å². The van der Waals surface area contributed by atoms with Crippen molar-refractivity contribution in [2.75, 3.05) is 0 Å². The fourth-order valence-corrected chi connectivity index (χ4v) is 0.906. The maximum absolute atomic E-state index is 9.10. The Hall–Kier alpha value is -1.18. The predicted molar refractivity (Wildman–Crippen MR) is 57.7 cm³/mol. The molecule has 1 atom stereocenters. The van der Waals surface area contributed by atoms with Gasteiger partial charge in [0, 0.05) is 0 Å². The van der Waals surface area contributed by atoms with Crippen LogP contribution in [0, 0.1) is 5.41 Å². The van der Waals surface area contributed by atoms with Crippen LogP contribution in [-0.4, -0.2) is 11.2 Å². The van der Waals surface area contributed by atoms with Gasteiger partial charge in [0.1, 0.15) is 17.6 Å². The van der Waals surface area contributed by atoms with E-state index in [4.69, 9.17) is 9.84 Å². The number of ether oxygens (including phenoxy) is 1. The molecule has 2 heteroatoms. The molecule has 0 fully saturated rings. The first-order chi connectivity index (χ1) is 6.39. The average Bonchev–Trinajstić information content (AvgIpc) is 2.07. The van der Waals surface area contributed by atoms with Crippen LogP contribution in [0.2, 0.25) is 0 Å². The van der Waals surface area contributed by atoms with Gasteiger partial charge in [-0.15, -0.1) is 0 Å². The lowest BCUT2D eigenvalue weighted by atomic mass is 9.90. The second kappa shape index (κ2) is 3.91. The Balaban J connectivity index is 2.65. The van der Waals surface area contributed by atoms with Crippen molar-refractivity contribution in [2.45, 2.75) is 33.8 Å².